The normalized spacial score (nSPS) is 26.4. The van der Waals surface area contributed by atoms with Gasteiger partial charge in [-0.05, 0) is 50.4 Å². The van der Waals surface area contributed by atoms with E-state index in [1.807, 2.05) is 0 Å². The summed E-state index contributed by atoms with van der Waals surface area (Å²) in [5.41, 5.74) is 0.546. The molecule has 1 aliphatic heterocycles. The van der Waals surface area contributed by atoms with Crippen LogP contribution in [0.5, 0.6) is 0 Å². The fourth-order valence-corrected chi connectivity index (χ4v) is 3.42. The molecule has 3 unspecified atom stereocenters. The number of nitrogens with one attached hydrogen (secondary N) is 2. The maximum Gasteiger partial charge on any atom is 0.220 e. The number of rotatable bonds is 5. The van der Waals surface area contributed by atoms with Gasteiger partial charge in [0.25, 0.3) is 0 Å². The van der Waals surface area contributed by atoms with Crippen molar-refractivity contribution in [2.45, 2.75) is 37.6 Å². The molecule has 1 saturated heterocycles. The van der Waals surface area contributed by atoms with Gasteiger partial charge >= 0.3 is 0 Å². The first-order valence-electron chi connectivity index (χ1n) is 7.59. The molecule has 3 nitrogen and oxygen atoms in total. The Morgan fingerprint density at radius 3 is 2.95 bits per heavy atom. The highest BCUT2D eigenvalue weighted by Gasteiger charge is 2.42. The average Bonchev–Trinajstić information content (AvgIpc) is 2.99. The van der Waals surface area contributed by atoms with Crippen LogP contribution in [0, 0.1) is 11.7 Å². The van der Waals surface area contributed by atoms with Gasteiger partial charge in [-0.2, -0.15) is 0 Å². The average molecular weight is 347 g/mol. The lowest BCUT2D eigenvalue weighted by atomic mass is 10.0. The molecule has 1 aliphatic carbocycles. The van der Waals surface area contributed by atoms with Crippen LogP contribution in [0.2, 0.25) is 5.02 Å². The molecule has 3 rings (SSSR count). The predicted octanol–water partition coefficient (Wildman–Crippen LogP) is 3.26. The number of hydrogen-bond donors (Lipinski definition) is 2. The fraction of sp³-hybridized carbons (Fsp3) is 0.562. The molecule has 1 aromatic rings. The molecule has 1 saturated carbocycles. The van der Waals surface area contributed by atoms with E-state index in [-0.39, 0.29) is 36.1 Å². The minimum atomic E-state index is -0.277. The fourth-order valence-electron chi connectivity index (χ4n) is 3.11. The second-order valence-electron chi connectivity index (χ2n) is 6.05. The standard InChI is InChI=1S/C16H20ClFN2O.ClH/c17-12-2-1-3-13(18)16(12)11-8-14(11)20-15(21)5-4-10-6-7-19-9-10;/h1-3,10-11,14,19H,4-9H2,(H,20,21);1H. The van der Waals surface area contributed by atoms with Gasteiger partial charge in [0.1, 0.15) is 5.82 Å². The molecule has 0 aromatic heterocycles. The van der Waals surface area contributed by atoms with Crippen molar-refractivity contribution in [3.05, 3.63) is 34.6 Å². The van der Waals surface area contributed by atoms with Gasteiger partial charge in [0, 0.05) is 29.0 Å². The zero-order valence-corrected chi connectivity index (χ0v) is 13.9. The minimum Gasteiger partial charge on any atom is -0.353 e. The lowest BCUT2D eigenvalue weighted by Gasteiger charge is -2.09. The Morgan fingerprint density at radius 2 is 2.27 bits per heavy atom. The van der Waals surface area contributed by atoms with E-state index in [1.54, 1.807) is 12.1 Å². The smallest absolute Gasteiger partial charge is 0.220 e. The number of carbonyl (C=O) groups is 1. The molecule has 122 valence electrons. The number of amides is 1. The van der Waals surface area contributed by atoms with Gasteiger partial charge in [-0.3, -0.25) is 4.79 Å². The summed E-state index contributed by atoms with van der Waals surface area (Å²) in [5.74, 6) is 0.436. The Hall–Kier alpha value is -0.840. The van der Waals surface area contributed by atoms with E-state index in [9.17, 15) is 9.18 Å². The molecule has 2 fully saturated rings. The quantitative estimate of drug-likeness (QED) is 0.858. The van der Waals surface area contributed by atoms with E-state index >= 15 is 0 Å². The third-order valence-electron chi connectivity index (χ3n) is 4.45. The number of halogens is 3. The Bertz CT molecular complexity index is 515. The Labute approximate surface area is 141 Å². The van der Waals surface area contributed by atoms with Crippen LogP contribution in [0.25, 0.3) is 0 Å². The van der Waals surface area contributed by atoms with Crippen LogP contribution in [-0.2, 0) is 4.79 Å². The summed E-state index contributed by atoms with van der Waals surface area (Å²) in [4.78, 5) is 11.9. The van der Waals surface area contributed by atoms with E-state index in [1.165, 1.54) is 6.07 Å². The highest BCUT2D eigenvalue weighted by atomic mass is 35.5. The first kappa shape index (κ1) is 17.5. The van der Waals surface area contributed by atoms with E-state index in [0.29, 0.717) is 22.9 Å². The topological polar surface area (TPSA) is 41.1 Å². The third-order valence-corrected chi connectivity index (χ3v) is 4.78. The van der Waals surface area contributed by atoms with Crippen LogP contribution in [0.15, 0.2) is 18.2 Å². The van der Waals surface area contributed by atoms with Gasteiger partial charge in [0.2, 0.25) is 5.91 Å². The van der Waals surface area contributed by atoms with E-state index < -0.39 is 0 Å². The molecular weight excluding hydrogens is 326 g/mol. The van der Waals surface area contributed by atoms with Gasteiger partial charge in [-0.25, -0.2) is 4.39 Å². The third kappa shape index (κ3) is 4.12. The lowest BCUT2D eigenvalue weighted by Crippen LogP contribution is -2.27. The monoisotopic (exact) mass is 346 g/mol. The summed E-state index contributed by atoms with van der Waals surface area (Å²) < 4.78 is 13.8. The van der Waals surface area contributed by atoms with Crippen molar-refractivity contribution in [2.75, 3.05) is 13.1 Å². The maximum absolute atomic E-state index is 13.8. The van der Waals surface area contributed by atoms with E-state index in [2.05, 4.69) is 10.6 Å². The van der Waals surface area contributed by atoms with Crippen LogP contribution in [0.1, 0.15) is 37.2 Å². The highest BCUT2D eigenvalue weighted by Crippen LogP contribution is 2.44. The SMILES string of the molecule is Cl.O=C(CCC1CCNC1)NC1CC1c1c(F)cccc1Cl. The first-order valence-corrected chi connectivity index (χ1v) is 7.97. The summed E-state index contributed by atoms with van der Waals surface area (Å²) in [5, 5.41) is 6.75. The Balaban J connectivity index is 0.00000176. The van der Waals surface area contributed by atoms with Crippen LogP contribution in [0.4, 0.5) is 4.39 Å². The molecule has 1 amide bonds. The molecule has 0 radical (unpaired) electrons. The second-order valence-corrected chi connectivity index (χ2v) is 6.46. The molecule has 0 bridgehead atoms. The highest BCUT2D eigenvalue weighted by molar-refractivity contribution is 6.31. The zero-order chi connectivity index (χ0) is 14.8. The molecule has 22 heavy (non-hydrogen) atoms. The van der Waals surface area contributed by atoms with Crippen molar-refractivity contribution in [3.63, 3.8) is 0 Å². The van der Waals surface area contributed by atoms with Gasteiger partial charge in [-0.15, -0.1) is 12.4 Å². The number of hydrogen-bond acceptors (Lipinski definition) is 2. The minimum absolute atomic E-state index is 0. The summed E-state index contributed by atoms with van der Waals surface area (Å²) in [6.07, 6.45) is 3.42. The van der Waals surface area contributed by atoms with Crippen LogP contribution >= 0.6 is 24.0 Å². The maximum atomic E-state index is 13.8. The molecule has 2 aliphatic rings. The molecule has 2 N–H and O–H groups in total. The van der Waals surface area contributed by atoms with Crippen molar-refractivity contribution in [1.29, 1.82) is 0 Å². The van der Waals surface area contributed by atoms with Gasteiger partial charge in [0.15, 0.2) is 0 Å². The number of carbonyl (C=O) groups excluding carboxylic acids is 1. The predicted molar refractivity (Wildman–Crippen MR) is 88.2 cm³/mol. The molecule has 3 atom stereocenters. The van der Waals surface area contributed by atoms with Crippen molar-refractivity contribution in [1.82, 2.24) is 10.6 Å². The zero-order valence-electron chi connectivity index (χ0n) is 12.3. The van der Waals surface area contributed by atoms with Gasteiger partial charge < -0.3 is 10.6 Å². The summed E-state index contributed by atoms with van der Waals surface area (Å²) in [7, 11) is 0. The van der Waals surface area contributed by atoms with Crippen molar-refractivity contribution < 1.29 is 9.18 Å². The van der Waals surface area contributed by atoms with Crippen LogP contribution in [-0.4, -0.2) is 25.0 Å². The first-order chi connectivity index (χ1) is 10.1. The molecule has 0 spiro atoms. The molecular formula is C16H21Cl2FN2O. The van der Waals surface area contributed by atoms with Crippen molar-refractivity contribution in [3.8, 4) is 0 Å². The largest absolute Gasteiger partial charge is 0.353 e. The van der Waals surface area contributed by atoms with Crippen molar-refractivity contribution >= 4 is 29.9 Å². The Kier molecular flexibility index (Phi) is 6.07. The number of benzene rings is 1. The van der Waals surface area contributed by atoms with Crippen LogP contribution < -0.4 is 10.6 Å². The summed E-state index contributed by atoms with van der Waals surface area (Å²) >= 11 is 6.05. The molecule has 6 heteroatoms. The second kappa shape index (κ2) is 7.62. The lowest BCUT2D eigenvalue weighted by molar-refractivity contribution is -0.121. The van der Waals surface area contributed by atoms with E-state index in [4.69, 9.17) is 11.6 Å². The van der Waals surface area contributed by atoms with Gasteiger partial charge in [-0.1, -0.05) is 17.7 Å². The van der Waals surface area contributed by atoms with E-state index in [0.717, 1.165) is 32.4 Å². The van der Waals surface area contributed by atoms with Gasteiger partial charge in [0.05, 0.1) is 0 Å². The molecule has 1 aromatic carbocycles. The summed E-state index contributed by atoms with van der Waals surface area (Å²) in [6.45, 7) is 2.08. The molecule has 1 heterocycles. The van der Waals surface area contributed by atoms with Crippen LogP contribution in [0.3, 0.4) is 0 Å². The Morgan fingerprint density at radius 1 is 1.45 bits per heavy atom. The summed E-state index contributed by atoms with van der Waals surface area (Å²) in [6, 6.07) is 4.76. The van der Waals surface area contributed by atoms with Crippen molar-refractivity contribution in [2.24, 2.45) is 5.92 Å².